The van der Waals surface area contributed by atoms with Crippen molar-refractivity contribution in [2.45, 2.75) is 45.9 Å². The smallest absolute Gasteiger partial charge is 0.411 e. The van der Waals surface area contributed by atoms with Gasteiger partial charge in [-0.2, -0.15) is 5.26 Å². The van der Waals surface area contributed by atoms with Crippen molar-refractivity contribution in [3.8, 4) is 6.07 Å². The fourth-order valence-corrected chi connectivity index (χ4v) is 1.93. The van der Waals surface area contributed by atoms with Crippen LogP contribution in [0.15, 0.2) is 30.3 Å². The van der Waals surface area contributed by atoms with Gasteiger partial charge in [-0.3, -0.25) is 4.90 Å². The van der Waals surface area contributed by atoms with E-state index < -0.39 is 11.6 Å². The Morgan fingerprint density at radius 3 is 2.42 bits per heavy atom. The summed E-state index contributed by atoms with van der Waals surface area (Å²) in [4.78, 5) is 13.6. The van der Waals surface area contributed by atoms with E-state index in [1.54, 1.807) is 13.8 Å². The van der Waals surface area contributed by atoms with Crippen LogP contribution in [0.2, 0.25) is 0 Å². The van der Waals surface area contributed by atoms with Gasteiger partial charge in [-0.1, -0.05) is 30.3 Å². The van der Waals surface area contributed by atoms with E-state index in [4.69, 9.17) is 10.00 Å². The number of nitrogens with zero attached hydrogens (tertiary/aromatic N) is 2. The van der Waals surface area contributed by atoms with Gasteiger partial charge >= 0.3 is 6.09 Å². The van der Waals surface area contributed by atoms with Gasteiger partial charge in [0, 0.05) is 6.04 Å². The molecule has 19 heavy (non-hydrogen) atoms. The highest BCUT2D eigenvalue weighted by Gasteiger charge is 2.34. The molecule has 1 rings (SSSR count). The molecule has 0 atom stereocenters. The minimum Gasteiger partial charge on any atom is -0.445 e. The number of carbonyl (C=O) groups is 1. The third-order valence-electron chi connectivity index (χ3n) is 2.79. The highest BCUT2D eigenvalue weighted by atomic mass is 16.6. The Morgan fingerprint density at radius 2 is 1.95 bits per heavy atom. The number of amides is 1. The molecule has 0 bridgehead atoms. The lowest BCUT2D eigenvalue weighted by Crippen LogP contribution is -2.50. The molecule has 0 saturated heterocycles. The number of hydrogen-bond donors (Lipinski definition) is 0. The van der Waals surface area contributed by atoms with Crippen LogP contribution in [-0.2, 0) is 11.3 Å². The number of benzene rings is 1. The maximum atomic E-state index is 12.1. The highest BCUT2D eigenvalue weighted by molar-refractivity contribution is 5.69. The van der Waals surface area contributed by atoms with Crippen LogP contribution in [0.1, 0.15) is 33.3 Å². The largest absolute Gasteiger partial charge is 0.445 e. The van der Waals surface area contributed by atoms with Gasteiger partial charge in [-0.15, -0.1) is 0 Å². The molecule has 0 spiro atoms. The first kappa shape index (κ1) is 15.0. The second kappa shape index (κ2) is 6.24. The van der Waals surface area contributed by atoms with E-state index in [1.807, 2.05) is 44.2 Å². The molecule has 0 radical (unpaired) electrons. The third kappa shape index (κ3) is 3.99. The van der Waals surface area contributed by atoms with Gasteiger partial charge in [0.15, 0.2) is 0 Å². The van der Waals surface area contributed by atoms with E-state index in [-0.39, 0.29) is 12.6 Å². The van der Waals surface area contributed by atoms with Crippen molar-refractivity contribution < 1.29 is 9.53 Å². The average Bonchev–Trinajstić information content (AvgIpc) is 2.37. The van der Waals surface area contributed by atoms with Crippen LogP contribution in [0.4, 0.5) is 4.79 Å². The van der Waals surface area contributed by atoms with Crippen molar-refractivity contribution in [3.63, 3.8) is 0 Å². The van der Waals surface area contributed by atoms with Crippen LogP contribution in [0.3, 0.4) is 0 Å². The molecule has 102 valence electrons. The molecule has 0 fully saturated rings. The monoisotopic (exact) mass is 260 g/mol. The summed E-state index contributed by atoms with van der Waals surface area (Å²) >= 11 is 0. The van der Waals surface area contributed by atoms with Crippen LogP contribution >= 0.6 is 0 Å². The first-order valence-electron chi connectivity index (χ1n) is 6.29. The van der Waals surface area contributed by atoms with Gasteiger partial charge in [-0.05, 0) is 33.3 Å². The molecule has 1 amide bonds. The lowest BCUT2D eigenvalue weighted by Gasteiger charge is -2.35. The normalized spacial score (nSPS) is 10.9. The molecule has 0 saturated carbocycles. The first-order valence-corrected chi connectivity index (χ1v) is 6.29. The summed E-state index contributed by atoms with van der Waals surface area (Å²) in [5.74, 6) is 0. The molecule has 0 aliphatic rings. The van der Waals surface area contributed by atoms with Gasteiger partial charge < -0.3 is 4.74 Å². The van der Waals surface area contributed by atoms with Gasteiger partial charge in [0.1, 0.15) is 12.1 Å². The summed E-state index contributed by atoms with van der Waals surface area (Å²) in [6.07, 6.45) is -0.467. The molecular formula is C15H20N2O2. The van der Waals surface area contributed by atoms with E-state index in [0.717, 1.165) is 5.56 Å². The minimum absolute atomic E-state index is 0.0991. The lowest BCUT2D eigenvalue weighted by atomic mass is 10.0. The molecule has 0 unspecified atom stereocenters. The third-order valence-corrected chi connectivity index (χ3v) is 2.79. The van der Waals surface area contributed by atoms with Crippen LogP contribution in [0.25, 0.3) is 0 Å². The van der Waals surface area contributed by atoms with E-state index in [0.29, 0.717) is 0 Å². The summed E-state index contributed by atoms with van der Waals surface area (Å²) in [5, 5.41) is 9.15. The molecule has 4 nitrogen and oxygen atoms in total. The lowest BCUT2D eigenvalue weighted by molar-refractivity contribution is 0.0582. The Labute approximate surface area is 114 Å². The van der Waals surface area contributed by atoms with Crippen molar-refractivity contribution in [3.05, 3.63) is 35.9 Å². The van der Waals surface area contributed by atoms with E-state index >= 15 is 0 Å². The minimum atomic E-state index is -0.887. The fourth-order valence-electron chi connectivity index (χ4n) is 1.93. The average molecular weight is 260 g/mol. The number of ether oxygens (including phenoxy) is 1. The number of nitriles is 1. The van der Waals surface area contributed by atoms with Crippen LogP contribution in [-0.4, -0.2) is 22.6 Å². The predicted octanol–water partition coefficient (Wildman–Crippen LogP) is 3.34. The zero-order chi connectivity index (χ0) is 14.5. The van der Waals surface area contributed by atoms with Gasteiger partial charge in [0.05, 0.1) is 6.07 Å². The van der Waals surface area contributed by atoms with Gasteiger partial charge in [0.2, 0.25) is 0 Å². The molecule has 0 N–H and O–H groups in total. The summed E-state index contributed by atoms with van der Waals surface area (Å²) < 4.78 is 5.28. The number of rotatable bonds is 4. The standard InChI is InChI=1S/C15H20N2O2/c1-12(2)17(15(3,4)11-16)14(18)19-10-13-8-6-5-7-9-13/h5-9,12H,10H2,1-4H3. The molecular weight excluding hydrogens is 240 g/mol. The first-order chi connectivity index (χ1) is 8.88. The molecule has 0 aromatic heterocycles. The molecule has 1 aromatic rings. The maximum Gasteiger partial charge on any atom is 0.411 e. The Bertz CT molecular complexity index is 461. The van der Waals surface area contributed by atoms with Gasteiger partial charge in [-0.25, -0.2) is 4.79 Å². The Balaban J connectivity index is 2.72. The van der Waals surface area contributed by atoms with E-state index in [1.165, 1.54) is 4.90 Å². The van der Waals surface area contributed by atoms with Crippen molar-refractivity contribution in [1.82, 2.24) is 4.90 Å². The molecule has 0 aliphatic heterocycles. The topological polar surface area (TPSA) is 53.3 Å². The number of carbonyl (C=O) groups excluding carboxylic acids is 1. The van der Waals surface area contributed by atoms with E-state index in [9.17, 15) is 4.79 Å². The fraction of sp³-hybridized carbons (Fsp3) is 0.467. The van der Waals surface area contributed by atoms with Crippen molar-refractivity contribution in [2.75, 3.05) is 0 Å². The summed E-state index contributed by atoms with van der Waals surface area (Å²) in [6.45, 7) is 7.35. The molecule has 1 aromatic carbocycles. The second-order valence-corrected chi connectivity index (χ2v) is 5.17. The van der Waals surface area contributed by atoms with Crippen molar-refractivity contribution in [2.24, 2.45) is 0 Å². The van der Waals surface area contributed by atoms with E-state index in [2.05, 4.69) is 6.07 Å². The quantitative estimate of drug-likeness (QED) is 0.834. The Kier molecular flexibility index (Phi) is 4.94. The summed E-state index contributed by atoms with van der Waals surface area (Å²) in [7, 11) is 0. The van der Waals surface area contributed by atoms with Crippen molar-refractivity contribution in [1.29, 1.82) is 5.26 Å². The van der Waals surface area contributed by atoms with Crippen molar-refractivity contribution >= 4 is 6.09 Å². The molecule has 4 heteroatoms. The van der Waals surface area contributed by atoms with Crippen LogP contribution in [0, 0.1) is 11.3 Å². The Hall–Kier alpha value is -2.02. The van der Waals surface area contributed by atoms with Crippen LogP contribution in [0.5, 0.6) is 0 Å². The Morgan fingerprint density at radius 1 is 1.37 bits per heavy atom. The maximum absolute atomic E-state index is 12.1. The van der Waals surface area contributed by atoms with Crippen LogP contribution < -0.4 is 0 Å². The SMILES string of the molecule is CC(C)N(C(=O)OCc1ccccc1)C(C)(C)C#N. The summed E-state index contributed by atoms with van der Waals surface area (Å²) in [6, 6.07) is 11.5. The summed E-state index contributed by atoms with van der Waals surface area (Å²) in [5.41, 5.74) is 0.0383. The van der Waals surface area contributed by atoms with Gasteiger partial charge in [0.25, 0.3) is 0 Å². The molecule has 0 aliphatic carbocycles. The predicted molar refractivity (Wildman–Crippen MR) is 73.3 cm³/mol. The number of hydrogen-bond acceptors (Lipinski definition) is 3. The zero-order valence-corrected chi connectivity index (χ0v) is 11.9. The highest BCUT2D eigenvalue weighted by Crippen LogP contribution is 2.18. The second-order valence-electron chi connectivity index (χ2n) is 5.17. The zero-order valence-electron chi connectivity index (χ0n) is 11.9. The molecule has 0 heterocycles.